The summed E-state index contributed by atoms with van der Waals surface area (Å²) < 4.78 is 2.36. The van der Waals surface area contributed by atoms with Crippen molar-refractivity contribution < 1.29 is 0 Å². The number of fused-ring (bicyclic) bond motifs is 3. The Kier molecular flexibility index (Phi) is 7.91. The van der Waals surface area contributed by atoms with E-state index in [4.69, 9.17) is 0 Å². The monoisotopic (exact) mass is 570 g/mol. The van der Waals surface area contributed by atoms with Crippen LogP contribution in [0.1, 0.15) is 31.9 Å². The maximum Gasteiger partial charge on any atom is 0.0541 e. The van der Waals surface area contributed by atoms with Crippen molar-refractivity contribution in [2.45, 2.75) is 27.7 Å². The second-order valence-corrected chi connectivity index (χ2v) is 11.7. The van der Waals surface area contributed by atoms with Gasteiger partial charge >= 0.3 is 0 Å². The van der Waals surface area contributed by atoms with Gasteiger partial charge in [-0.1, -0.05) is 121 Å². The van der Waals surface area contributed by atoms with Crippen LogP contribution in [-0.2, 0) is 0 Å². The number of benzene rings is 5. The lowest BCUT2D eigenvalue weighted by molar-refractivity contribution is 1.17. The maximum atomic E-state index is 4.52. The highest BCUT2D eigenvalue weighted by molar-refractivity contribution is 6.09. The predicted molar refractivity (Wildman–Crippen MR) is 191 cm³/mol. The first-order valence-electron chi connectivity index (χ1n) is 15.1. The zero-order chi connectivity index (χ0) is 30.8. The molecule has 5 aromatic carbocycles. The van der Waals surface area contributed by atoms with Gasteiger partial charge in [-0.2, -0.15) is 0 Å². The Morgan fingerprint density at radius 3 is 1.86 bits per heavy atom. The molecule has 6 rings (SSSR count). The summed E-state index contributed by atoms with van der Waals surface area (Å²) in [5.41, 5.74) is 13.3. The molecule has 0 saturated carbocycles. The van der Waals surface area contributed by atoms with Crippen LogP contribution >= 0.6 is 0 Å². The molecule has 0 unspecified atom stereocenters. The fourth-order valence-electron chi connectivity index (χ4n) is 5.74. The number of allylic oxidation sites excluding steroid dienone is 4. The van der Waals surface area contributed by atoms with Crippen molar-refractivity contribution in [1.29, 1.82) is 0 Å². The van der Waals surface area contributed by atoms with Gasteiger partial charge < -0.3 is 9.47 Å². The van der Waals surface area contributed by atoms with Gasteiger partial charge in [-0.05, 0) is 86.4 Å². The van der Waals surface area contributed by atoms with Crippen LogP contribution in [0.3, 0.4) is 0 Å². The van der Waals surface area contributed by atoms with Gasteiger partial charge in [0.2, 0.25) is 0 Å². The van der Waals surface area contributed by atoms with Gasteiger partial charge in [0, 0.05) is 33.5 Å². The van der Waals surface area contributed by atoms with E-state index in [2.05, 4.69) is 184 Å². The Bertz CT molecular complexity index is 2010. The zero-order valence-corrected chi connectivity index (χ0v) is 26.0. The molecule has 2 heteroatoms. The normalized spacial score (nSPS) is 11.5. The number of aryl methyl sites for hydroxylation is 1. The van der Waals surface area contributed by atoms with Crippen molar-refractivity contribution in [3.05, 3.63) is 175 Å². The van der Waals surface area contributed by atoms with Crippen molar-refractivity contribution in [2.75, 3.05) is 4.90 Å². The van der Waals surface area contributed by atoms with Gasteiger partial charge in [0.25, 0.3) is 0 Å². The van der Waals surface area contributed by atoms with Gasteiger partial charge in [-0.3, -0.25) is 0 Å². The summed E-state index contributed by atoms with van der Waals surface area (Å²) in [6.07, 6.45) is 4.25. The summed E-state index contributed by atoms with van der Waals surface area (Å²) in [6.45, 7) is 17.4. The number of para-hydroxylation sites is 2. The van der Waals surface area contributed by atoms with E-state index in [1.54, 1.807) is 0 Å². The van der Waals surface area contributed by atoms with Gasteiger partial charge in [0.15, 0.2) is 0 Å². The number of anilines is 1. The number of aromatic nitrogens is 1. The molecule has 0 radical (unpaired) electrons. The molecule has 0 atom stereocenters. The summed E-state index contributed by atoms with van der Waals surface area (Å²) in [4.78, 5) is 2.16. The lowest BCUT2D eigenvalue weighted by Gasteiger charge is -2.30. The molecule has 44 heavy (non-hydrogen) atoms. The summed E-state index contributed by atoms with van der Waals surface area (Å²) in [5, 5.41) is 2.53. The molecule has 0 aliphatic rings. The lowest BCUT2D eigenvalue weighted by Crippen LogP contribution is -2.20. The SMILES string of the molecule is C=C(C(C)=CC=C(C)C)N(C(=C)c1ccc(C)cc1)c1ccc(-c2cccc(-n3c4ccccc4c4ccccc43)c2)cc1. The highest BCUT2D eigenvalue weighted by Crippen LogP contribution is 2.35. The van der Waals surface area contributed by atoms with E-state index in [1.807, 2.05) is 0 Å². The molecule has 0 aliphatic heterocycles. The Morgan fingerprint density at radius 1 is 0.636 bits per heavy atom. The quantitative estimate of drug-likeness (QED) is 0.165. The van der Waals surface area contributed by atoms with Crippen molar-refractivity contribution in [3.63, 3.8) is 0 Å². The van der Waals surface area contributed by atoms with Crippen LogP contribution in [-0.4, -0.2) is 4.57 Å². The Morgan fingerprint density at radius 2 is 1.25 bits per heavy atom. The zero-order valence-electron chi connectivity index (χ0n) is 26.0. The molecule has 0 N–H and O–H groups in total. The average Bonchev–Trinajstić information content (AvgIpc) is 3.39. The fourth-order valence-corrected chi connectivity index (χ4v) is 5.74. The van der Waals surface area contributed by atoms with Crippen molar-refractivity contribution in [2.24, 2.45) is 0 Å². The van der Waals surface area contributed by atoms with Crippen LogP contribution in [0, 0.1) is 6.92 Å². The minimum atomic E-state index is 0.890. The smallest absolute Gasteiger partial charge is 0.0541 e. The van der Waals surface area contributed by atoms with Crippen LogP contribution in [0.25, 0.3) is 44.3 Å². The molecule has 6 aromatic rings. The van der Waals surface area contributed by atoms with Gasteiger partial charge in [-0.15, -0.1) is 0 Å². The first kappa shape index (κ1) is 28.8. The molecular formula is C42H38N2. The number of hydrogen-bond donors (Lipinski definition) is 0. The minimum Gasteiger partial charge on any atom is -0.311 e. The standard InChI is InChI=1S/C42H38N2/c1-29(2)18-21-31(4)32(5)43(33(6)34-22-19-30(3)20-23-34)37-26-24-35(25-27-37)36-12-11-13-38(28-36)44-41-16-9-7-14-39(41)40-15-8-10-17-42(40)44/h7-28H,5-6H2,1-4H3. The topological polar surface area (TPSA) is 8.17 Å². The van der Waals surface area contributed by atoms with E-state index in [0.717, 1.165) is 39.5 Å². The molecule has 1 heterocycles. The summed E-state index contributed by atoms with van der Waals surface area (Å²) in [6, 6.07) is 43.3. The van der Waals surface area contributed by atoms with Crippen LogP contribution < -0.4 is 4.90 Å². The third-order valence-electron chi connectivity index (χ3n) is 8.19. The van der Waals surface area contributed by atoms with Gasteiger partial charge in [-0.25, -0.2) is 0 Å². The molecule has 216 valence electrons. The average molecular weight is 571 g/mol. The Labute approximate surface area is 261 Å². The third-order valence-corrected chi connectivity index (χ3v) is 8.19. The lowest BCUT2D eigenvalue weighted by atomic mass is 10.0. The van der Waals surface area contributed by atoms with E-state index < -0.39 is 0 Å². The first-order chi connectivity index (χ1) is 21.3. The molecule has 0 amide bonds. The molecule has 0 fully saturated rings. The molecule has 0 aliphatic carbocycles. The predicted octanol–water partition coefficient (Wildman–Crippen LogP) is 11.7. The number of hydrogen-bond acceptors (Lipinski definition) is 1. The maximum absolute atomic E-state index is 4.52. The van der Waals surface area contributed by atoms with Crippen molar-refractivity contribution in [1.82, 2.24) is 4.57 Å². The van der Waals surface area contributed by atoms with Crippen LogP contribution in [0.2, 0.25) is 0 Å². The van der Waals surface area contributed by atoms with E-state index in [-0.39, 0.29) is 0 Å². The molecular weight excluding hydrogens is 532 g/mol. The third kappa shape index (κ3) is 5.55. The largest absolute Gasteiger partial charge is 0.311 e. The first-order valence-corrected chi connectivity index (χ1v) is 15.1. The number of nitrogens with zero attached hydrogens (tertiary/aromatic N) is 2. The van der Waals surface area contributed by atoms with Crippen molar-refractivity contribution in [3.8, 4) is 16.8 Å². The Balaban J connectivity index is 1.39. The minimum absolute atomic E-state index is 0.890. The summed E-state index contributed by atoms with van der Waals surface area (Å²) >= 11 is 0. The van der Waals surface area contributed by atoms with E-state index in [1.165, 1.54) is 38.5 Å². The summed E-state index contributed by atoms with van der Waals surface area (Å²) in [7, 11) is 0. The van der Waals surface area contributed by atoms with Crippen LogP contribution in [0.5, 0.6) is 0 Å². The second-order valence-electron chi connectivity index (χ2n) is 11.7. The van der Waals surface area contributed by atoms with E-state index in [9.17, 15) is 0 Å². The fraction of sp³-hybridized carbons (Fsp3) is 0.0952. The molecule has 2 nitrogen and oxygen atoms in total. The number of rotatable bonds is 8. The van der Waals surface area contributed by atoms with Crippen LogP contribution in [0.4, 0.5) is 5.69 Å². The molecule has 0 saturated heterocycles. The summed E-state index contributed by atoms with van der Waals surface area (Å²) in [5.74, 6) is 0. The van der Waals surface area contributed by atoms with E-state index >= 15 is 0 Å². The molecule has 1 aromatic heterocycles. The highest BCUT2D eigenvalue weighted by Gasteiger charge is 2.18. The van der Waals surface area contributed by atoms with E-state index in [0.29, 0.717) is 0 Å². The van der Waals surface area contributed by atoms with Crippen molar-refractivity contribution >= 4 is 33.2 Å². The highest BCUT2D eigenvalue weighted by atomic mass is 15.2. The molecule has 0 spiro atoms. The van der Waals surface area contributed by atoms with Gasteiger partial charge in [0.1, 0.15) is 0 Å². The van der Waals surface area contributed by atoms with Crippen LogP contribution in [0.15, 0.2) is 163 Å². The molecule has 0 bridgehead atoms. The van der Waals surface area contributed by atoms with Gasteiger partial charge in [0.05, 0.1) is 11.0 Å². The second kappa shape index (κ2) is 12.1. The Hall–Kier alpha value is -5.34.